The van der Waals surface area contributed by atoms with Crippen molar-refractivity contribution in [2.24, 2.45) is 17.3 Å². The minimum Gasteiger partial charge on any atom is -0.368 e. The highest BCUT2D eigenvalue weighted by Gasteiger charge is 2.21. The van der Waals surface area contributed by atoms with Crippen LogP contribution in [0.25, 0.3) is 0 Å². The van der Waals surface area contributed by atoms with Crippen LogP contribution in [0.3, 0.4) is 0 Å². The summed E-state index contributed by atoms with van der Waals surface area (Å²) in [6.07, 6.45) is 1.28. The predicted molar refractivity (Wildman–Crippen MR) is 74.5 cm³/mol. The van der Waals surface area contributed by atoms with Crippen LogP contribution in [0.5, 0.6) is 0 Å². The third-order valence-corrected chi connectivity index (χ3v) is 2.57. The molecule has 0 aliphatic rings. The number of hydrogen-bond acceptors (Lipinski definition) is 7. The van der Waals surface area contributed by atoms with E-state index in [4.69, 9.17) is 17.3 Å². The summed E-state index contributed by atoms with van der Waals surface area (Å²) < 4.78 is 0. The van der Waals surface area contributed by atoms with E-state index in [0.717, 1.165) is 0 Å². The molecular weight excluding hydrogens is 262 g/mol. The zero-order chi connectivity index (χ0) is 15.3. The molecule has 0 saturated carbocycles. The van der Waals surface area contributed by atoms with Gasteiger partial charge in [0.15, 0.2) is 0 Å². The van der Waals surface area contributed by atoms with Crippen molar-refractivity contribution < 1.29 is 9.59 Å². The molecule has 0 aromatic carbocycles. The van der Waals surface area contributed by atoms with Crippen molar-refractivity contribution in [1.29, 1.82) is 0 Å². The van der Waals surface area contributed by atoms with Crippen LogP contribution >= 0.6 is 0 Å². The van der Waals surface area contributed by atoms with Crippen LogP contribution in [0.1, 0.15) is 25.3 Å². The number of aromatic nitrogens is 2. The Bertz CT molecular complexity index is 488. The van der Waals surface area contributed by atoms with Gasteiger partial charge in [-0.15, -0.1) is 0 Å². The van der Waals surface area contributed by atoms with Crippen LogP contribution in [-0.4, -0.2) is 34.9 Å². The smallest absolute Gasteiger partial charge is 0.237 e. The summed E-state index contributed by atoms with van der Waals surface area (Å²) in [4.78, 5) is 31.8. The average molecular weight is 281 g/mol. The molecule has 0 spiro atoms. The summed E-state index contributed by atoms with van der Waals surface area (Å²) >= 11 is 0. The number of nitrogen functional groups attached to an aromatic ring is 1. The van der Waals surface area contributed by atoms with Gasteiger partial charge in [-0.25, -0.2) is 15.8 Å². The summed E-state index contributed by atoms with van der Waals surface area (Å²) in [5.74, 6) is 5.06. The fourth-order valence-corrected chi connectivity index (χ4v) is 1.87. The van der Waals surface area contributed by atoms with E-state index in [2.05, 4.69) is 15.4 Å². The number of hydrogen-bond donors (Lipinski definition) is 4. The molecule has 7 N–H and O–H groups in total. The highest BCUT2D eigenvalue weighted by Crippen LogP contribution is 2.30. The van der Waals surface area contributed by atoms with E-state index in [1.807, 2.05) is 13.8 Å². The Hall–Kier alpha value is -2.42. The number of anilines is 2. The molecule has 9 heteroatoms. The Kier molecular flexibility index (Phi) is 5.21. The van der Waals surface area contributed by atoms with Crippen LogP contribution in [0.4, 0.5) is 11.6 Å². The van der Waals surface area contributed by atoms with Gasteiger partial charge in [0.2, 0.25) is 11.8 Å². The molecule has 0 unspecified atom stereocenters. The largest absolute Gasteiger partial charge is 0.368 e. The summed E-state index contributed by atoms with van der Waals surface area (Å²) in [5.41, 5.74) is 13.5. The monoisotopic (exact) mass is 281 g/mol. The van der Waals surface area contributed by atoms with E-state index in [0.29, 0.717) is 17.2 Å². The number of carbonyl (C=O) groups excluding carboxylic acids is 2. The third kappa shape index (κ3) is 3.79. The van der Waals surface area contributed by atoms with Crippen molar-refractivity contribution in [2.75, 3.05) is 23.4 Å². The Morgan fingerprint density at radius 1 is 1.25 bits per heavy atom. The molecule has 0 aliphatic heterocycles. The molecule has 20 heavy (non-hydrogen) atoms. The first-order valence-corrected chi connectivity index (χ1v) is 5.99. The summed E-state index contributed by atoms with van der Waals surface area (Å²) in [5, 5.41) is 0. The lowest BCUT2D eigenvalue weighted by atomic mass is 10.0. The highest BCUT2D eigenvalue weighted by atomic mass is 16.2. The van der Waals surface area contributed by atoms with E-state index in [1.165, 1.54) is 11.2 Å². The first kappa shape index (κ1) is 15.6. The quantitative estimate of drug-likeness (QED) is 0.356. The highest BCUT2D eigenvalue weighted by molar-refractivity contribution is 5.85. The van der Waals surface area contributed by atoms with Crippen molar-refractivity contribution in [2.45, 2.75) is 19.8 Å². The minimum atomic E-state index is -0.596. The zero-order valence-corrected chi connectivity index (χ0v) is 11.5. The standard InChI is InChI=1S/C11H19N7O2/c1-6(2)9-10(17-14)15-5-16-11(9)18(3-7(12)19)4-8(13)20/h5-6H,3-4,14H2,1-2H3,(H2,12,19)(H2,13,20)(H,15,16,17). The number of carbonyl (C=O) groups is 2. The molecule has 2 amide bonds. The zero-order valence-electron chi connectivity index (χ0n) is 11.5. The summed E-state index contributed by atoms with van der Waals surface area (Å²) in [6.45, 7) is 3.47. The van der Waals surface area contributed by atoms with Crippen molar-refractivity contribution in [3.63, 3.8) is 0 Å². The van der Waals surface area contributed by atoms with Gasteiger partial charge >= 0.3 is 0 Å². The molecule has 0 radical (unpaired) electrons. The van der Waals surface area contributed by atoms with E-state index < -0.39 is 11.8 Å². The van der Waals surface area contributed by atoms with Crippen LogP contribution in [-0.2, 0) is 9.59 Å². The van der Waals surface area contributed by atoms with Crippen molar-refractivity contribution in [3.05, 3.63) is 11.9 Å². The van der Waals surface area contributed by atoms with Gasteiger partial charge in [-0.1, -0.05) is 13.8 Å². The Morgan fingerprint density at radius 3 is 2.20 bits per heavy atom. The van der Waals surface area contributed by atoms with Gasteiger partial charge in [0.1, 0.15) is 18.0 Å². The molecule has 0 atom stereocenters. The third-order valence-electron chi connectivity index (χ3n) is 2.57. The number of amides is 2. The normalized spacial score (nSPS) is 10.4. The maximum Gasteiger partial charge on any atom is 0.237 e. The minimum absolute atomic E-state index is 0.0144. The second-order valence-corrected chi connectivity index (χ2v) is 4.55. The molecule has 0 bridgehead atoms. The molecule has 0 saturated heterocycles. The van der Waals surface area contributed by atoms with Crippen LogP contribution in [0.15, 0.2) is 6.33 Å². The maximum absolute atomic E-state index is 11.1. The average Bonchev–Trinajstić information content (AvgIpc) is 2.35. The second kappa shape index (κ2) is 6.66. The summed E-state index contributed by atoms with van der Waals surface area (Å²) in [7, 11) is 0. The van der Waals surface area contributed by atoms with Gasteiger partial charge in [-0.05, 0) is 5.92 Å². The number of rotatable bonds is 7. The van der Waals surface area contributed by atoms with Crippen LogP contribution in [0, 0.1) is 0 Å². The van der Waals surface area contributed by atoms with Gasteiger partial charge in [0, 0.05) is 5.56 Å². The molecule has 1 rings (SSSR count). The van der Waals surface area contributed by atoms with E-state index in [1.54, 1.807) is 0 Å². The Labute approximate surface area is 116 Å². The van der Waals surface area contributed by atoms with Crippen molar-refractivity contribution in [3.8, 4) is 0 Å². The number of nitrogens with one attached hydrogen (secondary N) is 1. The maximum atomic E-state index is 11.1. The number of nitrogens with two attached hydrogens (primary N) is 3. The molecule has 1 aromatic rings. The first-order valence-electron chi connectivity index (χ1n) is 5.99. The van der Waals surface area contributed by atoms with Gasteiger partial charge in [-0.2, -0.15) is 0 Å². The fourth-order valence-electron chi connectivity index (χ4n) is 1.87. The number of primary amides is 2. The molecule has 1 heterocycles. The SMILES string of the molecule is CC(C)c1c(NN)ncnc1N(CC(N)=O)CC(N)=O. The second-order valence-electron chi connectivity index (χ2n) is 4.55. The Morgan fingerprint density at radius 2 is 1.80 bits per heavy atom. The van der Waals surface area contributed by atoms with Crippen molar-refractivity contribution >= 4 is 23.5 Å². The van der Waals surface area contributed by atoms with Gasteiger partial charge in [-0.3, -0.25) is 9.59 Å². The number of hydrazine groups is 1. The molecule has 0 fully saturated rings. The lowest BCUT2D eigenvalue weighted by Crippen LogP contribution is -2.41. The van der Waals surface area contributed by atoms with Gasteiger partial charge in [0.05, 0.1) is 13.1 Å². The van der Waals surface area contributed by atoms with E-state index in [9.17, 15) is 9.59 Å². The Balaban J connectivity index is 3.30. The van der Waals surface area contributed by atoms with Crippen LogP contribution in [0.2, 0.25) is 0 Å². The van der Waals surface area contributed by atoms with Gasteiger partial charge < -0.3 is 21.8 Å². The fraction of sp³-hybridized carbons (Fsp3) is 0.455. The van der Waals surface area contributed by atoms with E-state index >= 15 is 0 Å². The topological polar surface area (TPSA) is 153 Å². The molecule has 9 nitrogen and oxygen atoms in total. The summed E-state index contributed by atoms with van der Waals surface area (Å²) in [6, 6.07) is 0. The van der Waals surface area contributed by atoms with E-state index in [-0.39, 0.29) is 19.0 Å². The van der Waals surface area contributed by atoms with Crippen molar-refractivity contribution in [1.82, 2.24) is 9.97 Å². The lowest BCUT2D eigenvalue weighted by molar-refractivity contribution is -0.117. The van der Waals surface area contributed by atoms with Crippen LogP contribution < -0.4 is 27.6 Å². The first-order chi connectivity index (χ1) is 9.36. The molecular formula is C11H19N7O2. The van der Waals surface area contributed by atoms with Gasteiger partial charge in [0.25, 0.3) is 0 Å². The lowest BCUT2D eigenvalue weighted by Gasteiger charge is -2.25. The predicted octanol–water partition coefficient (Wildman–Crippen LogP) is -1.34. The molecule has 110 valence electrons. The number of nitrogens with zero attached hydrogens (tertiary/aromatic N) is 3. The molecule has 1 aromatic heterocycles. The molecule has 0 aliphatic carbocycles.